The third-order valence-electron chi connectivity index (χ3n) is 4.43. The summed E-state index contributed by atoms with van der Waals surface area (Å²) in [7, 11) is 1.79. The van der Waals surface area contributed by atoms with Crippen LogP contribution in [0.2, 0.25) is 0 Å². The van der Waals surface area contributed by atoms with Crippen LogP contribution in [-0.2, 0) is 11.8 Å². The van der Waals surface area contributed by atoms with Crippen molar-refractivity contribution in [2.24, 2.45) is 7.05 Å². The molecule has 3 unspecified atom stereocenters. The van der Waals surface area contributed by atoms with Gasteiger partial charge in [0.05, 0.1) is 35.5 Å². The summed E-state index contributed by atoms with van der Waals surface area (Å²) in [4.78, 5) is 15.7. The van der Waals surface area contributed by atoms with Crippen LogP contribution in [0.1, 0.15) is 29.6 Å². The lowest BCUT2D eigenvalue weighted by molar-refractivity contribution is 0.0697. The molecule has 4 rings (SSSR count). The largest absolute Gasteiger partial charge is 0.478 e. The van der Waals surface area contributed by atoms with Crippen molar-refractivity contribution >= 4 is 22.7 Å². The van der Waals surface area contributed by atoms with E-state index in [4.69, 9.17) is 4.74 Å². The van der Waals surface area contributed by atoms with Crippen molar-refractivity contribution in [2.75, 3.05) is 5.32 Å². The first-order valence-corrected chi connectivity index (χ1v) is 7.09. The van der Waals surface area contributed by atoms with Gasteiger partial charge in [-0.25, -0.2) is 9.78 Å². The van der Waals surface area contributed by atoms with Crippen molar-refractivity contribution in [3.63, 3.8) is 0 Å². The van der Waals surface area contributed by atoms with Crippen molar-refractivity contribution in [2.45, 2.75) is 37.5 Å². The lowest BCUT2D eigenvalue weighted by Gasteiger charge is -2.22. The van der Waals surface area contributed by atoms with Gasteiger partial charge in [-0.15, -0.1) is 0 Å². The quantitative estimate of drug-likeness (QED) is 0.887. The summed E-state index contributed by atoms with van der Waals surface area (Å²) in [5.41, 5.74) is 1.45. The molecule has 4 heterocycles. The van der Waals surface area contributed by atoms with Gasteiger partial charge in [-0.2, -0.15) is 5.10 Å². The van der Waals surface area contributed by atoms with Crippen molar-refractivity contribution in [3.05, 3.63) is 18.0 Å². The second-order valence-electron chi connectivity index (χ2n) is 5.72. The van der Waals surface area contributed by atoms with Crippen LogP contribution >= 0.6 is 0 Å². The fourth-order valence-corrected chi connectivity index (χ4v) is 3.39. The lowest BCUT2D eigenvalue weighted by Crippen LogP contribution is -2.31. The van der Waals surface area contributed by atoms with E-state index in [1.807, 2.05) is 0 Å². The summed E-state index contributed by atoms with van der Waals surface area (Å²) < 4.78 is 7.47. The average Bonchev–Trinajstić information content (AvgIpc) is 3.15. The molecule has 0 saturated carbocycles. The Kier molecular flexibility index (Phi) is 2.65. The van der Waals surface area contributed by atoms with Gasteiger partial charge < -0.3 is 15.2 Å². The molecule has 2 fully saturated rings. The minimum absolute atomic E-state index is 0.160. The number of aryl methyl sites for hydroxylation is 1. The smallest absolute Gasteiger partial charge is 0.339 e. The highest BCUT2D eigenvalue weighted by atomic mass is 16.5. The molecule has 0 radical (unpaired) electrons. The normalized spacial score (nSPS) is 27.4. The Labute approximate surface area is 120 Å². The van der Waals surface area contributed by atoms with Gasteiger partial charge in [0.25, 0.3) is 0 Å². The molecule has 110 valence electrons. The van der Waals surface area contributed by atoms with Gasteiger partial charge in [0.2, 0.25) is 0 Å². The number of carboxylic acids is 1. The molecule has 7 nitrogen and oxygen atoms in total. The van der Waals surface area contributed by atoms with Crippen molar-refractivity contribution in [1.29, 1.82) is 0 Å². The second-order valence-corrected chi connectivity index (χ2v) is 5.72. The Morgan fingerprint density at radius 1 is 1.48 bits per heavy atom. The van der Waals surface area contributed by atoms with E-state index in [-0.39, 0.29) is 17.7 Å². The number of ether oxygens (including phenoxy) is 1. The van der Waals surface area contributed by atoms with Crippen molar-refractivity contribution in [3.8, 4) is 0 Å². The van der Waals surface area contributed by atoms with E-state index in [9.17, 15) is 9.90 Å². The second kappa shape index (κ2) is 4.42. The number of nitrogens with zero attached hydrogens (tertiary/aromatic N) is 3. The van der Waals surface area contributed by atoms with Crippen LogP contribution in [0.4, 0.5) is 5.69 Å². The Hall–Kier alpha value is -2.15. The Balaban J connectivity index is 1.78. The van der Waals surface area contributed by atoms with Crippen LogP contribution in [0.25, 0.3) is 11.0 Å². The maximum Gasteiger partial charge on any atom is 0.339 e. The molecule has 0 spiro atoms. The van der Waals surface area contributed by atoms with Gasteiger partial charge in [-0.1, -0.05) is 0 Å². The van der Waals surface area contributed by atoms with E-state index < -0.39 is 5.97 Å². The summed E-state index contributed by atoms with van der Waals surface area (Å²) in [5, 5.41) is 17.7. The number of aromatic carboxylic acids is 1. The standard InChI is InChI=1S/C14H16N4O3/c1-18-13-8(6-16-18)12(9(5-15-13)14(19)20)17-10-4-7-2-3-11(10)21-7/h5-7,10-11H,2-4H2,1H3,(H,15,17)(H,19,20). The van der Waals surface area contributed by atoms with Gasteiger partial charge in [-0.05, 0) is 19.3 Å². The molecule has 2 bridgehead atoms. The minimum Gasteiger partial charge on any atom is -0.478 e. The van der Waals surface area contributed by atoms with Crippen LogP contribution in [0.15, 0.2) is 12.4 Å². The maximum atomic E-state index is 11.5. The van der Waals surface area contributed by atoms with E-state index in [1.54, 1.807) is 17.9 Å². The van der Waals surface area contributed by atoms with Crippen LogP contribution in [0, 0.1) is 0 Å². The Morgan fingerprint density at radius 2 is 2.33 bits per heavy atom. The average molecular weight is 288 g/mol. The zero-order valence-electron chi connectivity index (χ0n) is 11.6. The summed E-state index contributed by atoms with van der Waals surface area (Å²) in [5.74, 6) is -0.986. The molecule has 2 saturated heterocycles. The first kappa shape index (κ1) is 12.6. The third kappa shape index (κ3) is 1.88. The molecule has 0 aromatic carbocycles. The molecule has 7 heteroatoms. The molecule has 2 aliphatic heterocycles. The first-order chi connectivity index (χ1) is 10.1. The zero-order valence-corrected chi connectivity index (χ0v) is 11.6. The van der Waals surface area contributed by atoms with Gasteiger partial charge in [0.1, 0.15) is 5.56 Å². The Morgan fingerprint density at radius 3 is 3.00 bits per heavy atom. The zero-order chi connectivity index (χ0) is 14.6. The van der Waals surface area contributed by atoms with E-state index in [0.29, 0.717) is 17.4 Å². The maximum absolute atomic E-state index is 11.5. The molecular formula is C14H16N4O3. The molecule has 0 aliphatic carbocycles. The van der Waals surface area contributed by atoms with Gasteiger partial charge in [-0.3, -0.25) is 4.68 Å². The summed E-state index contributed by atoms with van der Waals surface area (Å²) in [6.07, 6.45) is 6.60. The first-order valence-electron chi connectivity index (χ1n) is 7.09. The van der Waals surface area contributed by atoms with Crippen LogP contribution < -0.4 is 5.32 Å². The van der Waals surface area contributed by atoms with Crippen molar-refractivity contribution < 1.29 is 14.6 Å². The van der Waals surface area contributed by atoms with Crippen molar-refractivity contribution in [1.82, 2.24) is 14.8 Å². The number of carbonyl (C=O) groups is 1. The van der Waals surface area contributed by atoms with E-state index in [2.05, 4.69) is 15.4 Å². The predicted octanol–water partition coefficient (Wildman–Crippen LogP) is 1.40. The van der Waals surface area contributed by atoms with Gasteiger partial charge >= 0.3 is 5.97 Å². The van der Waals surface area contributed by atoms with E-state index >= 15 is 0 Å². The summed E-state index contributed by atoms with van der Waals surface area (Å²) in [6, 6.07) is 0.160. The minimum atomic E-state index is -0.986. The predicted molar refractivity (Wildman–Crippen MR) is 75.4 cm³/mol. The topological polar surface area (TPSA) is 89.3 Å². The molecule has 2 aromatic rings. The van der Waals surface area contributed by atoms with Crippen LogP contribution in [0.5, 0.6) is 0 Å². The number of hydrogen-bond donors (Lipinski definition) is 2. The third-order valence-corrected chi connectivity index (χ3v) is 4.43. The molecule has 2 N–H and O–H groups in total. The van der Waals surface area contributed by atoms with E-state index in [0.717, 1.165) is 24.6 Å². The van der Waals surface area contributed by atoms with Gasteiger partial charge in [0.15, 0.2) is 5.65 Å². The molecule has 3 atom stereocenters. The summed E-state index contributed by atoms with van der Waals surface area (Å²) >= 11 is 0. The highest BCUT2D eigenvalue weighted by Gasteiger charge is 2.41. The highest BCUT2D eigenvalue weighted by molar-refractivity contribution is 6.03. The SMILES string of the molecule is Cn1ncc2c(NC3CC4CCC3O4)c(C(=O)O)cnc21. The number of pyridine rings is 1. The molecule has 2 aromatic heterocycles. The number of fused-ring (bicyclic) bond motifs is 3. The number of anilines is 1. The Bertz CT molecular complexity index is 726. The fourth-order valence-electron chi connectivity index (χ4n) is 3.39. The number of nitrogens with one attached hydrogen (secondary N) is 1. The van der Waals surface area contributed by atoms with Crippen LogP contribution in [-0.4, -0.2) is 44.1 Å². The number of aromatic nitrogens is 3. The fraction of sp³-hybridized carbons (Fsp3) is 0.500. The van der Waals surface area contributed by atoms with Crippen LogP contribution in [0.3, 0.4) is 0 Å². The lowest BCUT2D eigenvalue weighted by atomic mass is 9.95. The monoisotopic (exact) mass is 288 g/mol. The highest BCUT2D eigenvalue weighted by Crippen LogP contribution is 2.37. The van der Waals surface area contributed by atoms with Gasteiger partial charge in [0, 0.05) is 13.2 Å². The number of hydrogen-bond acceptors (Lipinski definition) is 5. The summed E-state index contributed by atoms with van der Waals surface area (Å²) in [6.45, 7) is 0. The molecule has 2 aliphatic rings. The molecule has 21 heavy (non-hydrogen) atoms. The molecule has 0 amide bonds. The van der Waals surface area contributed by atoms with E-state index in [1.165, 1.54) is 6.20 Å². The number of carboxylic acid groups (broad SMARTS) is 1. The molecular weight excluding hydrogens is 272 g/mol. The number of rotatable bonds is 3.